The molecular weight excluding hydrogens is 272 g/mol. The molecule has 2 amide bonds. The zero-order valence-electron chi connectivity index (χ0n) is 12.0. The third-order valence-electron chi connectivity index (χ3n) is 3.78. The molecular formula is C15H18N2O4. The lowest BCUT2D eigenvalue weighted by Crippen LogP contribution is -2.36. The summed E-state index contributed by atoms with van der Waals surface area (Å²) in [6.45, 7) is 3.77. The van der Waals surface area contributed by atoms with E-state index in [9.17, 15) is 14.4 Å². The second-order valence-electron chi connectivity index (χ2n) is 5.24. The summed E-state index contributed by atoms with van der Waals surface area (Å²) in [7, 11) is 0. The van der Waals surface area contributed by atoms with Crippen LogP contribution < -0.4 is 10.2 Å². The number of hydrogen-bond donors (Lipinski definition) is 2. The number of hydrogen-bond acceptors (Lipinski definition) is 3. The van der Waals surface area contributed by atoms with Crippen molar-refractivity contribution in [3.05, 3.63) is 29.3 Å². The first kappa shape index (κ1) is 15.0. The average molecular weight is 290 g/mol. The lowest BCUT2D eigenvalue weighted by atomic mass is 10.1. The van der Waals surface area contributed by atoms with Gasteiger partial charge >= 0.3 is 5.97 Å². The first-order valence-electron chi connectivity index (χ1n) is 6.76. The summed E-state index contributed by atoms with van der Waals surface area (Å²) in [5, 5.41) is 10.9. The molecule has 0 radical (unpaired) electrons. The second-order valence-corrected chi connectivity index (χ2v) is 5.24. The van der Waals surface area contributed by atoms with Crippen molar-refractivity contribution in [3.63, 3.8) is 0 Å². The quantitative estimate of drug-likeness (QED) is 0.861. The molecule has 1 heterocycles. The van der Waals surface area contributed by atoms with Crippen LogP contribution in [0.3, 0.4) is 0 Å². The highest BCUT2D eigenvalue weighted by molar-refractivity contribution is 6.01. The molecule has 1 unspecified atom stereocenters. The van der Waals surface area contributed by atoms with E-state index < -0.39 is 24.3 Å². The Hall–Kier alpha value is -2.37. The number of benzene rings is 1. The molecule has 112 valence electrons. The van der Waals surface area contributed by atoms with Gasteiger partial charge in [0, 0.05) is 18.7 Å². The van der Waals surface area contributed by atoms with E-state index in [0.29, 0.717) is 0 Å². The van der Waals surface area contributed by atoms with Crippen molar-refractivity contribution < 1.29 is 19.5 Å². The molecule has 1 aromatic rings. The molecule has 1 aromatic carbocycles. The van der Waals surface area contributed by atoms with Crippen LogP contribution >= 0.6 is 0 Å². The van der Waals surface area contributed by atoms with Crippen LogP contribution in [0.15, 0.2) is 18.2 Å². The summed E-state index contributed by atoms with van der Waals surface area (Å²) in [5.41, 5.74) is 2.91. The van der Waals surface area contributed by atoms with Crippen molar-refractivity contribution in [1.29, 1.82) is 0 Å². The van der Waals surface area contributed by atoms with Crippen molar-refractivity contribution in [2.24, 2.45) is 5.92 Å². The maximum absolute atomic E-state index is 12.1. The summed E-state index contributed by atoms with van der Waals surface area (Å²) in [6.07, 6.45) is 0.110. The van der Waals surface area contributed by atoms with Crippen molar-refractivity contribution >= 4 is 23.5 Å². The van der Waals surface area contributed by atoms with Gasteiger partial charge in [-0.2, -0.15) is 0 Å². The van der Waals surface area contributed by atoms with E-state index in [4.69, 9.17) is 5.11 Å². The van der Waals surface area contributed by atoms with E-state index in [1.807, 2.05) is 32.0 Å². The van der Waals surface area contributed by atoms with E-state index in [2.05, 4.69) is 5.32 Å². The summed E-state index contributed by atoms with van der Waals surface area (Å²) in [4.78, 5) is 36.1. The van der Waals surface area contributed by atoms with Crippen molar-refractivity contribution in [2.75, 3.05) is 18.0 Å². The summed E-state index contributed by atoms with van der Waals surface area (Å²) < 4.78 is 0. The Bertz CT molecular complexity index is 597. The highest BCUT2D eigenvalue weighted by Crippen LogP contribution is 2.29. The van der Waals surface area contributed by atoms with Crippen LogP contribution in [0.25, 0.3) is 0 Å². The Balaban J connectivity index is 2.11. The molecule has 0 spiro atoms. The molecule has 1 aliphatic heterocycles. The topological polar surface area (TPSA) is 86.7 Å². The standard InChI is InChI=1S/C15H18N2O4/c1-9-4-3-5-12(10(9)2)17-8-11(6-13(17)18)15(21)16-7-14(19)20/h3-5,11H,6-8H2,1-2H3,(H,16,21)(H,19,20). The van der Waals surface area contributed by atoms with E-state index in [0.717, 1.165) is 16.8 Å². The van der Waals surface area contributed by atoms with Crippen LogP contribution in [-0.2, 0) is 14.4 Å². The SMILES string of the molecule is Cc1cccc(N2CC(C(=O)NCC(=O)O)CC2=O)c1C. The van der Waals surface area contributed by atoms with Crippen LogP contribution in [-0.4, -0.2) is 36.0 Å². The van der Waals surface area contributed by atoms with E-state index in [1.165, 1.54) is 0 Å². The Morgan fingerprint density at radius 1 is 1.38 bits per heavy atom. The zero-order valence-corrected chi connectivity index (χ0v) is 12.0. The van der Waals surface area contributed by atoms with E-state index in [-0.39, 0.29) is 18.9 Å². The lowest BCUT2D eigenvalue weighted by Gasteiger charge is -2.20. The maximum atomic E-state index is 12.1. The summed E-state index contributed by atoms with van der Waals surface area (Å²) in [6, 6.07) is 5.71. The Kier molecular flexibility index (Phi) is 4.26. The molecule has 1 fully saturated rings. The molecule has 1 aliphatic rings. The van der Waals surface area contributed by atoms with Crippen molar-refractivity contribution in [2.45, 2.75) is 20.3 Å². The van der Waals surface area contributed by atoms with Crippen LogP contribution in [0.2, 0.25) is 0 Å². The van der Waals surface area contributed by atoms with Gasteiger partial charge in [0.05, 0.1) is 5.92 Å². The molecule has 0 saturated carbocycles. The third kappa shape index (κ3) is 3.21. The minimum Gasteiger partial charge on any atom is -0.480 e. The number of carboxylic acids is 1. The number of rotatable bonds is 4. The van der Waals surface area contributed by atoms with Gasteiger partial charge in [-0.05, 0) is 31.0 Å². The van der Waals surface area contributed by atoms with E-state index >= 15 is 0 Å². The fourth-order valence-electron chi connectivity index (χ4n) is 2.45. The number of carboxylic acid groups (broad SMARTS) is 1. The monoisotopic (exact) mass is 290 g/mol. The van der Waals surface area contributed by atoms with Gasteiger partial charge in [0.25, 0.3) is 0 Å². The predicted molar refractivity (Wildman–Crippen MR) is 77.0 cm³/mol. The molecule has 0 aromatic heterocycles. The van der Waals surface area contributed by atoms with Crippen LogP contribution in [0, 0.1) is 19.8 Å². The number of carbonyl (C=O) groups is 3. The summed E-state index contributed by atoms with van der Waals surface area (Å²) >= 11 is 0. The van der Waals surface area contributed by atoms with Crippen LogP contribution in [0.1, 0.15) is 17.5 Å². The van der Waals surface area contributed by atoms with Crippen LogP contribution in [0.4, 0.5) is 5.69 Å². The van der Waals surface area contributed by atoms with Crippen molar-refractivity contribution in [3.8, 4) is 0 Å². The Labute approximate surface area is 122 Å². The summed E-state index contributed by atoms with van der Waals surface area (Å²) in [5.74, 6) is -2.10. The number of aliphatic carboxylic acids is 1. The minimum atomic E-state index is -1.10. The van der Waals surface area contributed by atoms with Gasteiger partial charge in [-0.25, -0.2) is 0 Å². The number of amides is 2. The molecule has 2 rings (SSSR count). The number of nitrogens with zero attached hydrogens (tertiary/aromatic N) is 1. The highest BCUT2D eigenvalue weighted by atomic mass is 16.4. The molecule has 21 heavy (non-hydrogen) atoms. The van der Waals surface area contributed by atoms with Gasteiger partial charge in [-0.15, -0.1) is 0 Å². The highest BCUT2D eigenvalue weighted by Gasteiger charge is 2.35. The fraction of sp³-hybridized carbons (Fsp3) is 0.400. The third-order valence-corrected chi connectivity index (χ3v) is 3.78. The first-order chi connectivity index (χ1) is 9.90. The minimum absolute atomic E-state index is 0.110. The normalized spacial score (nSPS) is 17.9. The largest absolute Gasteiger partial charge is 0.480 e. The number of aryl methyl sites for hydroxylation is 1. The molecule has 0 bridgehead atoms. The average Bonchev–Trinajstić information content (AvgIpc) is 2.81. The van der Waals surface area contributed by atoms with Crippen molar-refractivity contribution in [1.82, 2.24) is 5.32 Å². The van der Waals surface area contributed by atoms with E-state index in [1.54, 1.807) is 4.90 Å². The first-order valence-corrected chi connectivity index (χ1v) is 6.76. The smallest absolute Gasteiger partial charge is 0.322 e. The van der Waals surface area contributed by atoms with Gasteiger partial charge in [0.1, 0.15) is 6.54 Å². The lowest BCUT2D eigenvalue weighted by molar-refractivity contribution is -0.138. The Morgan fingerprint density at radius 3 is 2.76 bits per heavy atom. The maximum Gasteiger partial charge on any atom is 0.322 e. The number of carbonyl (C=O) groups excluding carboxylic acids is 2. The van der Waals surface area contributed by atoms with Crippen LogP contribution in [0.5, 0.6) is 0 Å². The van der Waals surface area contributed by atoms with Gasteiger partial charge < -0.3 is 15.3 Å². The molecule has 6 nitrogen and oxygen atoms in total. The molecule has 1 atom stereocenters. The predicted octanol–water partition coefficient (Wildman–Crippen LogP) is 0.857. The zero-order chi connectivity index (χ0) is 15.6. The molecule has 1 saturated heterocycles. The molecule has 0 aliphatic carbocycles. The van der Waals surface area contributed by atoms with Gasteiger partial charge in [-0.1, -0.05) is 12.1 Å². The number of nitrogens with one attached hydrogen (secondary N) is 1. The second kappa shape index (κ2) is 5.95. The van der Waals surface area contributed by atoms with Gasteiger partial charge in [0.2, 0.25) is 11.8 Å². The molecule has 2 N–H and O–H groups in total. The Morgan fingerprint density at radius 2 is 2.10 bits per heavy atom. The van der Waals surface area contributed by atoms with Gasteiger partial charge in [-0.3, -0.25) is 14.4 Å². The number of anilines is 1. The molecule has 6 heteroatoms. The fourth-order valence-corrected chi connectivity index (χ4v) is 2.45. The van der Waals surface area contributed by atoms with Gasteiger partial charge in [0.15, 0.2) is 0 Å².